The van der Waals surface area contributed by atoms with Gasteiger partial charge in [0.1, 0.15) is 11.3 Å². The van der Waals surface area contributed by atoms with Crippen LogP contribution in [-0.2, 0) is 0 Å². The minimum atomic E-state index is -0.429. The summed E-state index contributed by atoms with van der Waals surface area (Å²) in [6.07, 6.45) is 1.67. The topological polar surface area (TPSA) is 80.6 Å². The smallest absolute Gasteiger partial charge is 0.336 e. The molecule has 5 aromatic rings. The molecule has 0 bridgehead atoms. The highest BCUT2D eigenvalue weighted by molar-refractivity contribution is 5.92. The molecule has 0 atom stereocenters. The fourth-order valence-electron chi connectivity index (χ4n) is 3.59. The monoisotopic (exact) mass is 357 g/mol. The zero-order valence-electron chi connectivity index (χ0n) is 14.7. The van der Waals surface area contributed by atoms with Crippen molar-refractivity contribution in [3.8, 4) is 17.0 Å². The summed E-state index contributed by atoms with van der Waals surface area (Å²) >= 11 is 0. The number of benzene rings is 2. The Bertz CT molecular complexity index is 1430. The first-order valence-electron chi connectivity index (χ1n) is 8.54. The maximum Gasteiger partial charge on any atom is 0.336 e. The van der Waals surface area contributed by atoms with Gasteiger partial charge >= 0.3 is 5.63 Å². The van der Waals surface area contributed by atoms with Gasteiger partial charge in [-0.05, 0) is 43.7 Å². The molecule has 0 radical (unpaired) electrons. The van der Waals surface area contributed by atoms with Crippen LogP contribution in [0.25, 0.3) is 39.0 Å². The average Bonchev–Trinajstić information content (AvgIpc) is 3.04. The Balaban J connectivity index is 1.95. The van der Waals surface area contributed by atoms with Crippen molar-refractivity contribution in [3.05, 3.63) is 70.2 Å². The first-order chi connectivity index (χ1) is 13.0. The molecule has 3 heterocycles. The van der Waals surface area contributed by atoms with Gasteiger partial charge in [-0.3, -0.25) is 4.40 Å². The fourth-order valence-corrected chi connectivity index (χ4v) is 3.59. The van der Waals surface area contributed by atoms with Gasteiger partial charge in [0.05, 0.1) is 16.7 Å². The zero-order valence-corrected chi connectivity index (χ0v) is 14.7. The Labute approximate surface area is 153 Å². The molecule has 3 aromatic heterocycles. The number of aromatic hydroxyl groups is 1. The largest absolute Gasteiger partial charge is 0.507 e. The first kappa shape index (κ1) is 15.6. The molecule has 132 valence electrons. The second-order valence-electron chi connectivity index (χ2n) is 6.59. The molecule has 0 aliphatic heterocycles. The van der Waals surface area contributed by atoms with Crippen molar-refractivity contribution in [2.24, 2.45) is 0 Å². The van der Waals surface area contributed by atoms with Gasteiger partial charge < -0.3 is 9.52 Å². The van der Waals surface area contributed by atoms with Gasteiger partial charge in [-0.15, -0.1) is 0 Å². The van der Waals surface area contributed by atoms with E-state index in [-0.39, 0.29) is 5.75 Å². The Morgan fingerprint density at radius 2 is 1.93 bits per heavy atom. The Kier molecular flexibility index (Phi) is 3.12. The van der Waals surface area contributed by atoms with Gasteiger partial charge in [0.25, 0.3) is 0 Å². The summed E-state index contributed by atoms with van der Waals surface area (Å²) in [7, 11) is 0. The molecule has 0 saturated carbocycles. The summed E-state index contributed by atoms with van der Waals surface area (Å²) in [6, 6.07) is 12.9. The second-order valence-corrected chi connectivity index (χ2v) is 6.59. The molecule has 6 nitrogen and oxygen atoms in total. The summed E-state index contributed by atoms with van der Waals surface area (Å²) in [5.74, 6) is 0.628. The number of nitrogens with zero attached hydrogens (tertiary/aromatic N) is 3. The van der Waals surface area contributed by atoms with E-state index in [2.05, 4.69) is 9.97 Å². The quantitative estimate of drug-likeness (QED) is 0.459. The highest BCUT2D eigenvalue weighted by Crippen LogP contribution is 2.38. The molecule has 0 spiro atoms. The van der Waals surface area contributed by atoms with E-state index in [0.717, 1.165) is 27.7 Å². The summed E-state index contributed by atoms with van der Waals surface area (Å²) in [5.41, 5.74) is 4.43. The number of imidazole rings is 1. The molecule has 1 N–H and O–H groups in total. The van der Waals surface area contributed by atoms with Crippen LogP contribution in [0.15, 0.2) is 57.9 Å². The van der Waals surface area contributed by atoms with Gasteiger partial charge in [-0.2, -0.15) is 0 Å². The second kappa shape index (κ2) is 5.41. The van der Waals surface area contributed by atoms with Crippen LogP contribution in [0.3, 0.4) is 0 Å². The van der Waals surface area contributed by atoms with Crippen molar-refractivity contribution < 1.29 is 9.52 Å². The summed E-state index contributed by atoms with van der Waals surface area (Å²) in [6.45, 7) is 3.60. The maximum absolute atomic E-state index is 11.7. The van der Waals surface area contributed by atoms with E-state index >= 15 is 0 Å². The minimum Gasteiger partial charge on any atom is -0.507 e. The first-order valence-corrected chi connectivity index (χ1v) is 8.54. The Hall–Kier alpha value is -3.67. The summed E-state index contributed by atoms with van der Waals surface area (Å²) in [4.78, 5) is 20.7. The lowest BCUT2D eigenvalue weighted by Crippen LogP contribution is -2.01. The van der Waals surface area contributed by atoms with Crippen LogP contribution < -0.4 is 5.63 Å². The van der Waals surface area contributed by atoms with Crippen molar-refractivity contribution >= 4 is 27.8 Å². The van der Waals surface area contributed by atoms with Crippen LogP contribution in [0.1, 0.15) is 11.1 Å². The number of fused-ring (bicyclic) bond motifs is 4. The number of para-hydroxylation sites is 2. The molecule has 27 heavy (non-hydrogen) atoms. The predicted octanol–water partition coefficient (Wildman–Crippen LogP) is 3.98. The van der Waals surface area contributed by atoms with Crippen molar-refractivity contribution in [3.63, 3.8) is 0 Å². The summed E-state index contributed by atoms with van der Waals surface area (Å²) < 4.78 is 7.26. The fraction of sp³-hybridized carbons (Fsp3) is 0.0952. The molecule has 2 aromatic carbocycles. The molecule has 0 amide bonds. The SMILES string of the molecule is Cc1cc(=O)oc2c(C)c(O)c(-c3ccnc4nc5ccccc5n34)cc12. The van der Waals surface area contributed by atoms with Crippen molar-refractivity contribution in [1.29, 1.82) is 0 Å². The third kappa shape index (κ3) is 2.16. The van der Waals surface area contributed by atoms with E-state index in [1.165, 1.54) is 6.07 Å². The van der Waals surface area contributed by atoms with E-state index in [9.17, 15) is 9.90 Å². The molecule has 0 aliphatic rings. The van der Waals surface area contributed by atoms with Gasteiger partial charge in [0.15, 0.2) is 0 Å². The normalized spacial score (nSPS) is 11.6. The Morgan fingerprint density at radius 3 is 2.78 bits per heavy atom. The molecule has 0 aliphatic carbocycles. The lowest BCUT2D eigenvalue weighted by molar-refractivity contribution is 0.470. The van der Waals surface area contributed by atoms with Crippen LogP contribution in [-0.4, -0.2) is 19.5 Å². The number of phenolic OH excluding ortho intramolecular Hbond substituents is 1. The number of phenols is 1. The van der Waals surface area contributed by atoms with Gasteiger partial charge in [-0.25, -0.2) is 14.8 Å². The molecule has 0 fully saturated rings. The molecular weight excluding hydrogens is 342 g/mol. The van der Waals surface area contributed by atoms with E-state index < -0.39 is 5.63 Å². The highest BCUT2D eigenvalue weighted by Gasteiger charge is 2.18. The standard InChI is InChI=1S/C21H15N3O3/c1-11-9-18(25)27-20-12(2)19(26)14(10-13(11)20)16-7-8-22-21-23-15-5-3-4-6-17(15)24(16)21/h3-10,26H,1-2H3. The third-order valence-electron chi connectivity index (χ3n) is 4.93. The van der Waals surface area contributed by atoms with Crippen LogP contribution >= 0.6 is 0 Å². The number of rotatable bonds is 1. The molecule has 5 rings (SSSR count). The number of hydrogen-bond acceptors (Lipinski definition) is 5. The third-order valence-corrected chi connectivity index (χ3v) is 4.93. The maximum atomic E-state index is 11.7. The molecule has 0 saturated heterocycles. The van der Waals surface area contributed by atoms with E-state index in [1.807, 2.05) is 47.7 Å². The van der Waals surface area contributed by atoms with Gasteiger partial charge in [0, 0.05) is 28.8 Å². The highest BCUT2D eigenvalue weighted by atomic mass is 16.4. The van der Waals surface area contributed by atoms with Crippen LogP contribution in [0.2, 0.25) is 0 Å². The molecule has 0 unspecified atom stereocenters. The number of hydrogen-bond donors (Lipinski definition) is 1. The lowest BCUT2D eigenvalue weighted by Gasteiger charge is -2.13. The van der Waals surface area contributed by atoms with E-state index in [4.69, 9.17) is 4.42 Å². The molecule has 6 heteroatoms. The minimum absolute atomic E-state index is 0.0709. The van der Waals surface area contributed by atoms with Crippen molar-refractivity contribution in [1.82, 2.24) is 14.4 Å². The number of aromatic nitrogens is 3. The number of aryl methyl sites for hydroxylation is 2. The van der Waals surface area contributed by atoms with Crippen LogP contribution in [0.5, 0.6) is 5.75 Å². The summed E-state index contributed by atoms with van der Waals surface area (Å²) in [5, 5.41) is 11.7. The van der Waals surface area contributed by atoms with Gasteiger partial charge in [0.2, 0.25) is 5.78 Å². The van der Waals surface area contributed by atoms with Crippen LogP contribution in [0.4, 0.5) is 0 Å². The van der Waals surface area contributed by atoms with Crippen molar-refractivity contribution in [2.75, 3.05) is 0 Å². The van der Waals surface area contributed by atoms with Crippen molar-refractivity contribution in [2.45, 2.75) is 13.8 Å². The van der Waals surface area contributed by atoms with Gasteiger partial charge in [-0.1, -0.05) is 12.1 Å². The Morgan fingerprint density at radius 1 is 1.11 bits per heavy atom. The van der Waals surface area contributed by atoms with E-state index in [1.54, 1.807) is 13.1 Å². The molecular formula is C21H15N3O3. The average molecular weight is 357 g/mol. The van der Waals surface area contributed by atoms with Crippen LogP contribution in [0, 0.1) is 13.8 Å². The zero-order chi connectivity index (χ0) is 18.7. The van der Waals surface area contributed by atoms with E-state index in [0.29, 0.717) is 22.5 Å². The predicted molar refractivity (Wildman–Crippen MR) is 103 cm³/mol. The lowest BCUT2D eigenvalue weighted by atomic mass is 10.00.